The van der Waals surface area contributed by atoms with E-state index in [4.69, 9.17) is 4.98 Å². The van der Waals surface area contributed by atoms with Crippen molar-refractivity contribution in [2.75, 3.05) is 18.1 Å². The number of imidazole rings is 1. The number of nitrogens with zero attached hydrogens (tertiary/aromatic N) is 2. The van der Waals surface area contributed by atoms with Gasteiger partial charge >= 0.3 is 12.4 Å². The van der Waals surface area contributed by atoms with Gasteiger partial charge in [0.2, 0.25) is 5.91 Å². The van der Waals surface area contributed by atoms with Crippen LogP contribution in [0.25, 0.3) is 33.3 Å². The van der Waals surface area contributed by atoms with Crippen molar-refractivity contribution < 1.29 is 35.9 Å². The molecule has 13 heteroatoms. The third-order valence-corrected chi connectivity index (χ3v) is 10.4. The van der Waals surface area contributed by atoms with E-state index in [-0.39, 0.29) is 12.0 Å². The number of benzene rings is 5. The number of aromatic nitrogens is 2. The van der Waals surface area contributed by atoms with Gasteiger partial charge in [0, 0.05) is 17.8 Å². The van der Waals surface area contributed by atoms with Crippen molar-refractivity contribution in [1.29, 1.82) is 0 Å². The van der Waals surface area contributed by atoms with E-state index in [9.17, 15) is 35.9 Å². The lowest BCUT2D eigenvalue weighted by Gasteiger charge is -2.31. The molecule has 0 saturated carbocycles. The van der Waals surface area contributed by atoms with Gasteiger partial charge in [-0.15, -0.1) is 0 Å². The zero-order valence-electron chi connectivity index (χ0n) is 28.7. The summed E-state index contributed by atoms with van der Waals surface area (Å²) in [6.45, 7) is -1.09. The number of nitrogens with one attached hydrogen (secondary N) is 2. The van der Waals surface area contributed by atoms with Crippen LogP contribution >= 0.6 is 11.8 Å². The molecule has 0 bridgehead atoms. The van der Waals surface area contributed by atoms with Gasteiger partial charge in [-0.25, -0.2) is 4.98 Å². The molecule has 1 aromatic heterocycles. The highest BCUT2D eigenvalue weighted by molar-refractivity contribution is 7.98. The average molecular weight is 759 g/mol. The van der Waals surface area contributed by atoms with Crippen molar-refractivity contribution >= 4 is 40.3 Å². The SMILES string of the molecule is CSc1nc2ccc(NC(=O)c3ccccc3-c3ccc(C(F)(F)F)cc3)cc2n1CCCC1(C(=O)NCC(F)(F)F)c2ccccc2-c2ccccc21. The van der Waals surface area contributed by atoms with E-state index in [2.05, 4.69) is 10.6 Å². The van der Waals surface area contributed by atoms with E-state index >= 15 is 0 Å². The van der Waals surface area contributed by atoms with E-state index in [1.54, 1.807) is 66.7 Å². The number of anilines is 1. The summed E-state index contributed by atoms with van der Waals surface area (Å²) in [5, 5.41) is 5.75. The molecule has 0 aliphatic heterocycles. The van der Waals surface area contributed by atoms with E-state index < -0.39 is 41.7 Å². The van der Waals surface area contributed by atoms with Gasteiger partial charge in [0.1, 0.15) is 12.0 Å². The fourth-order valence-electron chi connectivity index (χ4n) is 7.31. The maximum absolute atomic E-state index is 14.0. The van der Waals surface area contributed by atoms with Gasteiger partial charge in [0.05, 0.1) is 16.6 Å². The fraction of sp³-hybridized carbons (Fsp3) is 0.195. The molecule has 0 spiro atoms. The molecule has 1 aliphatic carbocycles. The molecule has 1 heterocycles. The molecular weight excluding hydrogens is 727 g/mol. The van der Waals surface area contributed by atoms with Crippen LogP contribution < -0.4 is 10.6 Å². The molecule has 5 aromatic carbocycles. The van der Waals surface area contributed by atoms with Crippen molar-refractivity contribution in [3.8, 4) is 22.3 Å². The minimum Gasteiger partial charge on any atom is -0.346 e. The second-order valence-electron chi connectivity index (χ2n) is 12.9. The third kappa shape index (κ3) is 6.95. The van der Waals surface area contributed by atoms with Gasteiger partial charge in [-0.3, -0.25) is 9.59 Å². The van der Waals surface area contributed by atoms with Crippen LogP contribution in [0.5, 0.6) is 0 Å². The summed E-state index contributed by atoms with van der Waals surface area (Å²) in [6, 6.07) is 31.1. The average Bonchev–Trinajstić information content (AvgIpc) is 3.66. The molecule has 7 rings (SSSR count). The molecule has 6 nitrogen and oxygen atoms in total. The number of halogens is 6. The first-order chi connectivity index (χ1) is 25.8. The standard InChI is InChI=1S/C41H32F6N4O2S/c1-54-38-50-34-20-19-27(49-36(52)31-12-3-2-9-28(31)25-15-17-26(18-16-25)41(45,46)47)23-35(34)51(38)22-8-21-39(37(53)48-24-40(42,43)44)32-13-6-4-10-29(32)30-11-5-7-14-33(30)39/h2-7,9-20,23H,8,21-22,24H2,1H3,(H,48,53)(H,49,52). The van der Waals surface area contributed by atoms with E-state index in [0.717, 1.165) is 23.3 Å². The molecule has 1 aliphatic rings. The molecule has 2 N–H and O–H groups in total. The first-order valence-corrected chi connectivity index (χ1v) is 18.2. The van der Waals surface area contributed by atoms with E-state index in [0.29, 0.717) is 57.1 Å². The van der Waals surface area contributed by atoms with Crippen LogP contribution in [-0.2, 0) is 22.9 Å². The van der Waals surface area contributed by atoms with Gasteiger partial charge in [-0.05, 0) is 88.9 Å². The molecule has 2 amide bonds. The Kier molecular flexibility index (Phi) is 9.77. The molecule has 0 radical (unpaired) electrons. The highest BCUT2D eigenvalue weighted by Gasteiger charge is 2.49. The summed E-state index contributed by atoms with van der Waals surface area (Å²) in [5.41, 5.74) is 3.70. The highest BCUT2D eigenvalue weighted by Crippen LogP contribution is 2.51. The Morgan fingerprint density at radius 2 is 1.39 bits per heavy atom. The lowest BCUT2D eigenvalue weighted by atomic mass is 9.73. The first kappa shape index (κ1) is 36.8. The number of fused-ring (bicyclic) bond motifs is 4. The second-order valence-corrected chi connectivity index (χ2v) is 13.7. The van der Waals surface area contributed by atoms with Gasteiger partial charge in [0.15, 0.2) is 5.16 Å². The number of hydrogen-bond donors (Lipinski definition) is 2. The predicted octanol–water partition coefficient (Wildman–Crippen LogP) is 10.1. The largest absolute Gasteiger partial charge is 0.416 e. The van der Waals surface area contributed by atoms with Crippen LogP contribution in [0.1, 0.15) is 39.9 Å². The molecule has 6 aromatic rings. The van der Waals surface area contributed by atoms with Crippen LogP contribution in [0.2, 0.25) is 0 Å². The van der Waals surface area contributed by atoms with Crippen LogP contribution in [0.15, 0.2) is 120 Å². The van der Waals surface area contributed by atoms with Crippen LogP contribution in [0.4, 0.5) is 32.0 Å². The summed E-state index contributed by atoms with van der Waals surface area (Å²) in [4.78, 5) is 32.4. The molecule has 0 atom stereocenters. The molecule has 54 heavy (non-hydrogen) atoms. The van der Waals surface area contributed by atoms with Crippen LogP contribution in [0.3, 0.4) is 0 Å². The zero-order chi connectivity index (χ0) is 38.3. The third-order valence-electron chi connectivity index (χ3n) is 9.68. The Bertz CT molecular complexity index is 2320. The topological polar surface area (TPSA) is 76.0 Å². The summed E-state index contributed by atoms with van der Waals surface area (Å²) in [6.07, 6.45) is -6.62. The second kappa shape index (κ2) is 14.3. The summed E-state index contributed by atoms with van der Waals surface area (Å²) < 4.78 is 81.5. The molecule has 0 saturated heterocycles. The quantitative estimate of drug-likeness (QED) is 0.108. The molecule has 276 valence electrons. The van der Waals surface area contributed by atoms with Crippen molar-refractivity contribution in [1.82, 2.24) is 14.9 Å². The Morgan fingerprint density at radius 1 is 0.778 bits per heavy atom. The number of carbonyl (C=O) groups excluding carboxylic acids is 2. The monoisotopic (exact) mass is 758 g/mol. The lowest BCUT2D eigenvalue weighted by Crippen LogP contribution is -2.47. The predicted molar refractivity (Wildman–Crippen MR) is 197 cm³/mol. The number of carbonyl (C=O) groups is 2. The lowest BCUT2D eigenvalue weighted by molar-refractivity contribution is -0.141. The molecule has 0 fully saturated rings. The number of rotatable bonds is 10. The first-order valence-electron chi connectivity index (χ1n) is 17.0. The Balaban J connectivity index is 1.17. The smallest absolute Gasteiger partial charge is 0.346 e. The Morgan fingerprint density at radius 3 is 2.00 bits per heavy atom. The molecule has 0 unspecified atom stereocenters. The van der Waals surface area contributed by atoms with Crippen molar-refractivity contribution in [2.45, 2.75) is 42.3 Å². The van der Waals surface area contributed by atoms with Gasteiger partial charge in [-0.1, -0.05) is 90.6 Å². The van der Waals surface area contributed by atoms with Gasteiger partial charge in [0.25, 0.3) is 5.91 Å². The normalized spacial score (nSPS) is 13.4. The number of thioether (sulfide) groups is 1. The van der Waals surface area contributed by atoms with E-state index in [1.807, 2.05) is 35.1 Å². The molecular formula is C41H32F6N4O2S. The Labute approximate surface area is 310 Å². The zero-order valence-corrected chi connectivity index (χ0v) is 29.5. The summed E-state index contributed by atoms with van der Waals surface area (Å²) in [5.74, 6) is -1.19. The van der Waals surface area contributed by atoms with Crippen LogP contribution in [-0.4, -0.2) is 40.3 Å². The van der Waals surface area contributed by atoms with Gasteiger partial charge in [-0.2, -0.15) is 26.3 Å². The number of hydrogen-bond acceptors (Lipinski definition) is 4. The van der Waals surface area contributed by atoms with Crippen molar-refractivity contribution in [3.05, 3.63) is 138 Å². The maximum Gasteiger partial charge on any atom is 0.416 e. The van der Waals surface area contributed by atoms with Gasteiger partial charge < -0.3 is 15.2 Å². The highest BCUT2D eigenvalue weighted by atomic mass is 32.2. The number of amides is 2. The maximum atomic E-state index is 14.0. The van der Waals surface area contributed by atoms with E-state index in [1.165, 1.54) is 23.9 Å². The summed E-state index contributed by atoms with van der Waals surface area (Å²) >= 11 is 1.41. The van der Waals surface area contributed by atoms with Crippen molar-refractivity contribution in [2.24, 2.45) is 0 Å². The number of aryl methyl sites for hydroxylation is 1. The number of alkyl halides is 6. The van der Waals surface area contributed by atoms with Crippen LogP contribution in [0, 0.1) is 0 Å². The minimum atomic E-state index is -4.59. The summed E-state index contributed by atoms with van der Waals surface area (Å²) in [7, 11) is 0. The minimum absolute atomic E-state index is 0.204. The Hall–Kier alpha value is -5.56. The fourth-order valence-corrected chi connectivity index (χ4v) is 7.91. The van der Waals surface area contributed by atoms with Crippen molar-refractivity contribution in [3.63, 3.8) is 0 Å².